The molecule has 2 unspecified atom stereocenters. The second kappa shape index (κ2) is 4.84. The van der Waals surface area contributed by atoms with E-state index in [2.05, 4.69) is 15.9 Å². The summed E-state index contributed by atoms with van der Waals surface area (Å²) in [6, 6.07) is 7.18. The molecule has 2 fully saturated rings. The van der Waals surface area contributed by atoms with E-state index < -0.39 is 10.0 Å². The first kappa shape index (κ1) is 13.5. The second-order valence-corrected chi connectivity index (χ2v) is 8.16. The van der Waals surface area contributed by atoms with Gasteiger partial charge in [-0.25, -0.2) is 8.42 Å². The highest BCUT2D eigenvalue weighted by Gasteiger charge is 2.46. The molecule has 104 valence electrons. The fraction of sp³-hybridized carbons (Fsp3) is 0.538. The van der Waals surface area contributed by atoms with Crippen molar-refractivity contribution in [2.75, 3.05) is 0 Å². The Kier molecular flexibility index (Phi) is 3.45. The molecule has 2 atom stereocenters. The van der Waals surface area contributed by atoms with Gasteiger partial charge in [0, 0.05) is 22.6 Å². The monoisotopic (exact) mass is 344 g/mol. The van der Waals surface area contributed by atoms with Crippen molar-refractivity contribution < 1.29 is 8.42 Å². The number of rotatable bonds is 2. The number of nitrogens with zero attached hydrogens (tertiary/aromatic N) is 1. The van der Waals surface area contributed by atoms with E-state index in [0.717, 1.165) is 30.2 Å². The lowest BCUT2D eigenvalue weighted by Crippen LogP contribution is -2.49. The average Bonchev–Trinajstić information content (AvgIpc) is 2.64. The minimum atomic E-state index is -3.38. The van der Waals surface area contributed by atoms with Crippen molar-refractivity contribution in [1.29, 1.82) is 0 Å². The molecular formula is C13H17BrN2O2S. The molecule has 19 heavy (non-hydrogen) atoms. The molecule has 2 aliphatic heterocycles. The van der Waals surface area contributed by atoms with Crippen LogP contribution in [0, 0.1) is 0 Å². The van der Waals surface area contributed by atoms with E-state index >= 15 is 0 Å². The highest BCUT2D eigenvalue weighted by atomic mass is 79.9. The van der Waals surface area contributed by atoms with Gasteiger partial charge in [0.05, 0.1) is 4.90 Å². The van der Waals surface area contributed by atoms with E-state index in [0.29, 0.717) is 4.90 Å². The Hall–Kier alpha value is -0.430. The van der Waals surface area contributed by atoms with Crippen LogP contribution in [0.15, 0.2) is 33.6 Å². The lowest BCUT2D eigenvalue weighted by atomic mass is 10.0. The maximum absolute atomic E-state index is 12.7. The zero-order valence-electron chi connectivity index (χ0n) is 10.5. The first-order chi connectivity index (χ1) is 8.98. The molecule has 0 spiro atoms. The fourth-order valence-corrected chi connectivity index (χ4v) is 5.45. The number of benzene rings is 1. The smallest absolute Gasteiger partial charge is 0.243 e. The molecule has 0 aromatic heterocycles. The average molecular weight is 345 g/mol. The predicted octanol–water partition coefficient (Wildman–Crippen LogP) is 2.09. The van der Waals surface area contributed by atoms with Gasteiger partial charge in [0.1, 0.15) is 0 Å². The second-order valence-electron chi connectivity index (χ2n) is 5.41. The summed E-state index contributed by atoms with van der Waals surface area (Å²) in [7, 11) is -3.38. The fourth-order valence-electron chi connectivity index (χ4n) is 3.30. The lowest BCUT2D eigenvalue weighted by Gasteiger charge is -2.36. The molecule has 3 rings (SSSR count). The number of piperidine rings is 1. The minimum Gasteiger partial charge on any atom is -0.328 e. The molecule has 2 N–H and O–H groups in total. The van der Waals surface area contributed by atoms with E-state index in [1.54, 1.807) is 28.6 Å². The van der Waals surface area contributed by atoms with Gasteiger partial charge in [-0.2, -0.15) is 4.31 Å². The van der Waals surface area contributed by atoms with Gasteiger partial charge < -0.3 is 5.73 Å². The van der Waals surface area contributed by atoms with Crippen molar-refractivity contribution in [3.8, 4) is 0 Å². The summed E-state index contributed by atoms with van der Waals surface area (Å²) in [6.07, 6.45) is 3.45. The number of hydrogen-bond acceptors (Lipinski definition) is 3. The lowest BCUT2D eigenvalue weighted by molar-refractivity contribution is 0.227. The Morgan fingerprint density at radius 1 is 1.11 bits per heavy atom. The highest BCUT2D eigenvalue weighted by molar-refractivity contribution is 9.10. The van der Waals surface area contributed by atoms with E-state index in [-0.39, 0.29) is 18.1 Å². The number of sulfonamides is 1. The number of nitrogens with two attached hydrogens (primary N) is 1. The van der Waals surface area contributed by atoms with Crippen LogP contribution in [0.25, 0.3) is 0 Å². The summed E-state index contributed by atoms with van der Waals surface area (Å²) in [5.74, 6) is 0. The molecular weight excluding hydrogens is 328 g/mol. The summed E-state index contributed by atoms with van der Waals surface area (Å²) in [4.78, 5) is 0.378. The number of fused-ring (bicyclic) bond motifs is 2. The van der Waals surface area contributed by atoms with Crippen LogP contribution in [0.1, 0.15) is 25.7 Å². The Labute approximate surface area is 122 Å². The Morgan fingerprint density at radius 2 is 1.63 bits per heavy atom. The third-order valence-electron chi connectivity index (χ3n) is 4.09. The SMILES string of the molecule is NC1CC2CCC(C1)N2S(=O)(=O)c1ccc(Br)cc1. The van der Waals surface area contributed by atoms with Gasteiger partial charge in [0.25, 0.3) is 0 Å². The van der Waals surface area contributed by atoms with Crippen LogP contribution in [0.3, 0.4) is 0 Å². The van der Waals surface area contributed by atoms with Crippen molar-refractivity contribution in [2.45, 2.75) is 48.7 Å². The Balaban J connectivity index is 1.95. The quantitative estimate of drug-likeness (QED) is 0.893. The summed E-state index contributed by atoms with van der Waals surface area (Å²) in [6.45, 7) is 0. The first-order valence-corrected chi connectivity index (χ1v) is 8.76. The predicted molar refractivity (Wildman–Crippen MR) is 77.2 cm³/mol. The molecule has 0 saturated carbocycles. The zero-order valence-corrected chi connectivity index (χ0v) is 12.9. The van der Waals surface area contributed by atoms with Gasteiger partial charge in [0.2, 0.25) is 10.0 Å². The third-order valence-corrected chi connectivity index (χ3v) is 6.64. The summed E-state index contributed by atoms with van der Waals surface area (Å²) in [5, 5.41) is 0. The molecule has 2 aliphatic rings. The van der Waals surface area contributed by atoms with E-state index in [9.17, 15) is 8.42 Å². The van der Waals surface area contributed by atoms with Crippen LogP contribution < -0.4 is 5.73 Å². The van der Waals surface area contributed by atoms with Gasteiger partial charge >= 0.3 is 0 Å². The molecule has 6 heteroatoms. The number of halogens is 1. The topological polar surface area (TPSA) is 63.4 Å². The maximum Gasteiger partial charge on any atom is 0.243 e. The van der Waals surface area contributed by atoms with Crippen LogP contribution in [0.4, 0.5) is 0 Å². The summed E-state index contributed by atoms with van der Waals surface area (Å²) in [5.41, 5.74) is 5.99. The molecule has 0 amide bonds. The normalized spacial score (nSPS) is 31.6. The van der Waals surface area contributed by atoms with E-state index in [1.165, 1.54) is 0 Å². The highest BCUT2D eigenvalue weighted by Crippen LogP contribution is 2.39. The van der Waals surface area contributed by atoms with Gasteiger partial charge in [-0.05, 0) is 49.9 Å². The van der Waals surface area contributed by atoms with Gasteiger partial charge in [-0.1, -0.05) is 15.9 Å². The van der Waals surface area contributed by atoms with Crippen LogP contribution in [0.2, 0.25) is 0 Å². The largest absolute Gasteiger partial charge is 0.328 e. The Bertz CT molecular complexity index is 559. The van der Waals surface area contributed by atoms with E-state index in [4.69, 9.17) is 5.73 Å². The zero-order chi connectivity index (χ0) is 13.6. The molecule has 2 bridgehead atoms. The molecule has 2 heterocycles. The first-order valence-electron chi connectivity index (χ1n) is 6.53. The van der Waals surface area contributed by atoms with Crippen LogP contribution in [-0.4, -0.2) is 30.8 Å². The third kappa shape index (κ3) is 2.35. The van der Waals surface area contributed by atoms with Crippen LogP contribution >= 0.6 is 15.9 Å². The molecule has 4 nitrogen and oxygen atoms in total. The minimum absolute atomic E-state index is 0.0856. The van der Waals surface area contributed by atoms with Crippen molar-refractivity contribution in [1.82, 2.24) is 4.31 Å². The van der Waals surface area contributed by atoms with Crippen LogP contribution in [0.5, 0.6) is 0 Å². The van der Waals surface area contributed by atoms with Gasteiger partial charge in [0.15, 0.2) is 0 Å². The van der Waals surface area contributed by atoms with Crippen molar-refractivity contribution in [3.05, 3.63) is 28.7 Å². The van der Waals surface area contributed by atoms with Gasteiger partial charge in [-0.15, -0.1) is 0 Å². The van der Waals surface area contributed by atoms with Crippen LogP contribution in [-0.2, 0) is 10.0 Å². The molecule has 2 saturated heterocycles. The summed E-state index contributed by atoms with van der Waals surface area (Å²) >= 11 is 3.33. The van der Waals surface area contributed by atoms with Crippen molar-refractivity contribution >= 4 is 26.0 Å². The van der Waals surface area contributed by atoms with E-state index in [1.807, 2.05) is 0 Å². The number of hydrogen-bond donors (Lipinski definition) is 1. The van der Waals surface area contributed by atoms with Crippen molar-refractivity contribution in [3.63, 3.8) is 0 Å². The molecule has 0 radical (unpaired) electrons. The standard InChI is InChI=1S/C13H17BrN2O2S/c14-9-1-5-13(6-2-9)19(17,18)16-11-3-4-12(16)8-10(15)7-11/h1-2,5-6,10-12H,3-4,7-8,15H2. The Morgan fingerprint density at radius 3 is 2.16 bits per heavy atom. The molecule has 0 aliphatic carbocycles. The summed E-state index contributed by atoms with van der Waals surface area (Å²) < 4.78 is 28.1. The molecule has 1 aromatic carbocycles. The molecule has 1 aromatic rings. The maximum atomic E-state index is 12.7. The van der Waals surface area contributed by atoms with Gasteiger partial charge in [-0.3, -0.25) is 0 Å². The van der Waals surface area contributed by atoms with Crippen molar-refractivity contribution in [2.24, 2.45) is 5.73 Å².